The SMILES string of the molecule is Cc1cc(CO)cnc1N1CCNC(=O)CC1. The Morgan fingerprint density at radius 1 is 1.53 bits per heavy atom. The van der Waals surface area contributed by atoms with Gasteiger partial charge < -0.3 is 15.3 Å². The maximum Gasteiger partial charge on any atom is 0.221 e. The highest BCUT2D eigenvalue weighted by atomic mass is 16.3. The van der Waals surface area contributed by atoms with Gasteiger partial charge in [0.05, 0.1) is 6.61 Å². The van der Waals surface area contributed by atoms with Crippen LogP contribution in [0.15, 0.2) is 12.3 Å². The highest BCUT2D eigenvalue weighted by Gasteiger charge is 2.16. The topological polar surface area (TPSA) is 65.5 Å². The number of hydrogen-bond acceptors (Lipinski definition) is 4. The Labute approximate surface area is 100 Å². The van der Waals surface area contributed by atoms with Crippen LogP contribution in [0.3, 0.4) is 0 Å². The van der Waals surface area contributed by atoms with Gasteiger partial charge in [-0.3, -0.25) is 4.79 Å². The number of nitrogens with one attached hydrogen (secondary N) is 1. The van der Waals surface area contributed by atoms with Crippen LogP contribution in [0.25, 0.3) is 0 Å². The molecule has 2 rings (SSSR count). The molecule has 0 aromatic carbocycles. The first kappa shape index (κ1) is 11.9. The molecular formula is C12H17N3O2. The van der Waals surface area contributed by atoms with Gasteiger partial charge in [-0.15, -0.1) is 0 Å². The van der Waals surface area contributed by atoms with Gasteiger partial charge in [0.2, 0.25) is 5.91 Å². The molecule has 0 saturated carbocycles. The number of anilines is 1. The molecule has 5 nitrogen and oxygen atoms in total. The van der Waals surface area contributed by atoms with E-state index in [1.54, 1.807) is 6.20 Å². The zero-order valence-electron chi connectivity index (χ0n) is 9.94. The van der Waals surface area contributed by atoms with Gasteiger partial charge in [-0.05, 0) is 24.1 Å². The molecule has 2 N–H and O–H groups in total. The number of amides is 1. The molecule has 0 atom stereocenters. The van der Waals surface area contributed by atoms with E-state index in [9.17, 15) is 4.79 Å². The second-order valence-corrected chi connectivity index (χ2v) is 4.23. The van der Waals surface area contributed by atoms with Gasteiger partial charge in [-0.1, -0.05) is 0 Å². The molecule has 5 heteroatoms. The Morgan fingerprint density at radius 2 is 2.35 bits per heavy atom. The largest absolute Gasteiger partial charge is 0.392 e. The molecule has 1 aliphatic heterocycles. The summed E-state index contributed by atoms with van der Waals surface area (Å²) in [6, 6.07) is 1.93. The van der Waals surface area contributed by atoms with Crippen LogP contribution in [0.2, 0.25) is 0 Å². The second kappa shape index (κ2) is 5.14. The summed E-state index contributed by atoms with van der Waals surface area (Å²) in [5, 5.41) is 11.9. The lowest BCUT2D eigenvalue weighted by Crippen LogP contribution is -2.29. The van der Waals surface area contributed by atoms with Crippen molar-refractivity contribution in [3.63, 3.8) is 0 Å². The fourth-order valence-corrected chi connectivity index (χ4v) is 2.02. The Bertz CT molecular complexity index is 420. The van der Waals surface area contributed by atoms with E-state index in [0.29, 0.717) is 19.5 Å². The number of rotatable bonds is 2. The number of pyridine rings is 1. The van der Waals surface area contributed by atoms with Gasteiger partial charge in [0.15, 0.2) is 0 Å². The number of hydrogen-bond donors (Lipinski definition) is 2. The fourth-order valence-electron chi connectivity index (χ4n) is 2.02. The van der Waals surface area contributed by atoms with Crippen molar-refractivity contribution in [3.05, 3.63) is 23.4 Å². The van der Waals surface area contributed by atoms with E-state index < -0.39 is 0 Å². The van der Waals surface area contributed by atoms with Crippen LogP contribution in [-0.4, -0.2) is 35.6 Å². The molecule has 2 heterocycles. The molecule has 1 aromatic heterocycles. The first-order valence-corrected chi connectivity index (χ1v) is 5.78. The fraction of sp³-hybridized carbons (Fsp3) is 0.500. The van der Waals surface area contributed by atoms with Crippen LogP contribution in [0.1, 0.15) is 17.5 Å². The van der Waals surface area contributed by atoms with E-state index in [4.69, 9.17) is 5.11 Å². The quantitative estimate of drug-likeness (QED) is 0.769. The molecular weight excluding hydrogens is 218 g/mol. The van der Waals surface area contributed by atoms with Crippen LogP contribution in [-0.2, 0) is 11.4 Å². The number of aromatic nitrogens is 1. The van der Waals surface area contributed by atoms with Gasteiger partial charge in [0.25, 0.3) is 0 Å². The summed E-state index contributed by atoms with van der Waals surface area (Å²) in [6.45, 7) is 4.10. The molecule has 17 heavy (non-hydrogen) atoms. The number of carbonyl (C=O) groups is 1. The van der Waals surface area contributed by atoms with Crippen LogP contribution in [0, 0.1) is 6.92 Å². The van der Waals surface area contributed by atoms with Gasteiger partial charge in [-0.25, -0.2) is 4.98 Å². The zero-order valence-corrected chi connectivity index (χ0v) is 9.94. The number of aryl methyl sites for hydroxylation is 1. The van der Waals surface area contributed by atoms with E-state index >= 15 is 0 Å². The first-order chi connectivity index (χ1) is 8.20. The number of aliphatic hydroxyl groups is 1. The normalized spacial score (nSPS) is 16.6. The maximum absolute atomic E-state index is 11.3. The number of nitrogens with zero attached hydrogens (tertiary/aromatic N) is 2. The summed E-state index contributed by atoms with van der Waals surface area (Å²) in [6.07, 6.45) is 2.19. The van der Waals surface area contributed by atoms with Gasteiger partial charge in [-0.2, -0.15) is 0 Å². The van der Waals surface area contributed by atoms with E-state index in [1.165, 1.54) is 0 Å². The molecule has 0 spiro atoms. The summed E-state index contributed by atoms with van der Waals surface area (Å²) in [7, 11) is 0. The number of carbonyl (C=O) groups excluding carboxylic acids is 1. The van der Waals surface area contributed by atoms with Crippen molar-refractivity contribution in [3.8, 4) is 0 Å². The third-order valence-electron chi connectivity index (χ3n) is 2.90. The monoisotopic (exact) mass is 235 g/mol. The van der Waals surface area contributed by atoms with E-state index in [-0.39, 0.29) is 12.5 Å². The standard InChI is InChI=1S/C12H17N3O2/c1-9-6-10(8-16)7-14-12(9)15-4-2-11(17)13-3-5-15/h6-7,16H,2-5,8H2,1H3,(H,13,17). The van der Waals surface area contributed by atoms with Crippen molar-refractivity contribution in [1.29, 1.82) is 0 Å². The Hall–Kier alpha value is -1.62. The molecule has 1 amide bonds. The summed E-state index contributed by atoms with van der Waals surface area (Å²) < 4.78 is 0. The molecule has 1 aromatic rings. The molecule has 0 aliphatic carbocycles. The Kier molecular flexibility index (Phi) is 3.58. The number of aliphatic hydroxyl groups excluding tert-OH is 1. The lowest BCUT2D eigenvalue weighted by Gasteiger charge is -2.22. The maximum atomic E-state index is 11.3. The van der Waals surface area contributed by atoms with Gasteiger partial charge in [0, 0.05) is 32.3 Å². The van der Waals surface area contributed by atoms with Crippen LogP contribution < -0.4 is 10.2 Å². The Morgan fingerprint density at radius 3 is 3.06 bits per heavy atom. The molecule has 0 unspecified atom stereocenters. The van der Waals surface area contributed by atoms with E-state index in [2.05, 4.69) is 15.2 Å². The summed E-state index contributed by atoms with van der Waals surface area (Å²) in [5.74, 6) is 0.996. The molecule has 1 saturated heterocycles. The minimum absolute atomic E-state index is 0.00810. The third-order valence-corrected chi connectivity index (χ3v) is 2.90. The molecule has 0 radical (unpaired) electrons. The highest BCUT2D eigenvalue weighted by Crippen LogP contribution is 2.18. The van der Waals surface area contributed by atoms with Crippen molar-refractivity contribution in [2.24, 2.45) is 0 Å². The minimum atomic E-state index is 0.00810. The Balaban J connectivity index is 2.18. The van der Waals surface area contributed by atoms with Crippen LogP contribution >= 0.6 is 0 Å². The molecule has 92 valence electrons. The van der Waals surface area contributed by atoms with Crippen LogP contribution in [0.5, 0.6) is 0 Å². The molecule has 1 fully saturated rings. The van der Waals surface area contributed by atoms with E-state index in [0.717, 1.165) is 23.5 Å². The zero-order chi connectivity index (χ0) is 12.3. The first-order valence-electron chi connectivity index (χ1n) is 5.78. The van der Waals surface area contributed by atoms with Crippen molar-refractivity contribution in [1.82, 2.24) is 10.3 Å². The smallest absolute Gasteiger partial charge is 0.221 e. The molecule has 0 bridgehead atoms. The average molecular weight is 235 g/mol. The summed E-state index contributed by atoms with van der Waals surface area (Å²) in [4.78, 5) is 17.7. The molecule has 1 aliphatic rings. The van der Waals surface area contributed by atoms with Gasteiger partial charge >= 0.3 is 0 Å². The van der Waals surface area contributed by atoms with Crippen molar-refractivity contribution >= 4 is 11.7 Å². The van der Waals surface area contributed by atoms with Crippen molar-refractivity contribution in [2.75, 3.05) is 24.5 Å². The lowest BCUT2D eigenvalue weighted by atomic mass is 10.2. The lowest BCUT2D eigenvalue weighted by molar-refractivity contribution is -0.120. The second-order valence-electron chi connectivity index (χ2n) is 4.23. The van der Waals surface area contributed by atoms with Gasteiger partial charge in [0.1, 0.15) is 5.82 Å². The highest BCUT2D eigenvalue weighted by molar-refractivity contribution is 5.77. The van der Waals surface area contributed by atoms with Crippen molar-refractivity contribution in [2.45, 2.75) is 20.0 Å². The summed E-state index contributed by atoms with van der Waals surface area (Å²) in [5.41, 5.74) is 1.85. The third kappa shape index (κ3) is 2.74. The average Bonchev–Trinajstić information content (AvgIpc) is 2.54. The summed E-state index contributed by atoms with van der Waals surface area (Å²) >= 11 is 0. The minimum Gasteiger partial charge on any atom is -0.392 e. The van der Waals surface area contributed by atoms with Crippen LogP contribution in [0.4, 0.5) is 5.82 Å². The predicted molar refractivity (Wildman–Crippen MR) is 64.7 cm³/mol. The predicted octanol–water partition coefficient (Wildman–Crippen LogP) is 0.209. The van der Waals surface area contributed by atoms with E-state index in [1.807, 2.05) is 13.0 Å². The van der Waals surface area contributed by atoms with Crippen molar-refractivity contribution < 1.29 is 9.90 Å².